The molecule has 144 valence electrons. The zero-order chi connectivity index (χ0) is 19.8. The van der Waals surface area contributed by atoms with Gasteiger partial charge in [0.05, 0.1) is 12.7 Å². The molecule has 1 aromatic heterocycles. The molecule has 0 unspecified atom stereocenters. The summed E-state index contributed by atoms with van der Waals surface area (Å²) in [5.74, 6) is 1.37. The monoisotopic (exact) mass is 395 g/mol. The quantitative estimate of drug-likeness (QED) is 0.596. The van der Waals surface area contributed by atoms with Gasteiger partial charge in [-0.25, -0.2) is 4.98 Å². The van der Waals surface area contributed by atoms with Gasteiger partial charge in [-0.2, -0.15) is 0 Å². The largest absolute Gasteiger partial charge is 0.497 e. The number of amides is 1. The number of nitrogens with zero attached hydrogens (tertiary/aromatic N) is 1. The summed E-state index contributed by atoms with van der Waals surface area (Å²) in [7, 11) is 1.64. The fourth-order valence-corrected chi connectivity index (χ4v) is 2.88. The lowest BCUT2D eigenvalue weighted by Gasteiger charge is -2.09. The molecule has 3 aromatic rings. The second-order valence-corrected chi connectivity index (χ2v) is 6.64. The first-order valence-electron chi connectivity index (χ1n) is 9.00. The number of ether oxygens (including phenoxy) is 1. The van der Waals surface area contributed by atoms with E-state index in [2.05, 4.69) is 15.6 Å². The third kappa shape index (κ3) is 5.47. The van der Waals surface area contributed by atoms with Gasteiger partial charge >= 0.3 is 0 Å². The predicted molar refractivity (Wildman–Crippen MR) is 112 cm³/mol. The van der Waals surface area contributed by atoms with Crippen LogP contribution in [0.1, 0.15) is 21.5 Å². The second-order valence-electron chi connectivity index (χ2n) is 6.23. The van der Waals surface area contributed by atoms with E-state index in [9.17, 15) is 4.79 Å². The van der Waals surface area contributed by atoms with Gasteiger partial charge in [0.2, 0.25) is 0 Å². The van der Waals surface area contributed by atoms with Gasteiger partial charge in [0.15, 0.2) is 0 Å². The van der Waals surface area contributed by atoms with E-state index in [0.717, 1.165) is 23.3 Å². The van der Waals surface area contributed by atoms with E-state index in [1.54, 1.807) is 25.4 Å². The molecule has 6 heteroatoms. The maximum absolute atomic E-state index is 12.3. The van der Waals surface area contributed by atoms with Crippen LogP contribution in [0, 0.1) is 0 Å². The molecule has 1 heterocycles. The average Bonchev–Trinajstić information content (AvgIpc) is 2.74. The Labute approximate surface area is 169 Å². The molecule has 28 heavy (non-hydrogen) atoms. The number of aromatic nitrogens is 1. The highest BCUT2D eigenvalue weighted by Gasteiger charge is 2.06. The van der Waals surface area contributed by atoms with Gasteiger partial charge in [-0.3, -0.25) is 4.79 Å². The molecular formula is C22H22ClN3O2. The fraction of sp³-hybridized carbons (Fsp3) is 0.182. The van der Waals surface area contributed by atoms with Crippen LogP contribution in [0.5, 0.6) is 5.75 Å². The van der Waals surface area contributed by atoms with Gasteiger partial charge in [0.25, 0.3) is 5.91 Å². The Morgan fingerprint density at radius 1 is 1.07 bits per heavy atom. The van der Waals surface area contributed by atoms with Crippen LogP contribution < -0.4 is 15.4 Å². The van der Waals surface area contributed by atoms with Crippen molar-refractivity contribution in [3.05, 3.63) is 88.6 Å². The van der Waals surface area contributed by atoms with Crippen LogP contribution in [0.15, 0.2) is 66.9 Å². The summed E-state index contributed by atoms with van der Waals surface area (Å²) in [6, 6.07) is 19.0. The van der Waals surface area contributed by atoms with Gasteiger partial charge in [-0.15, -0.1) is 0 Å². The standard InChI is InChI=1S/C22H22ClN3O2/c1-28-19-9-6-16(7-10-19)12-13-24-22(27)18-8-11-21(26-15-18)25-14-17-4-2-3-5-20(17)23/h2-11,15H,12-14H2,1H3,(H,24,27)(H,25,26). The Kier molecular flexibility index (Phi) is 6.87. The van der Waals surface area contributed by atoms with E-state index < -0.39 is 0 Å². The van der Waals surface area contributed by atoms with Crippen molar-refractivity contribution in [3.8, 4) is 5.75 Å². The van der Waals surface area contributed by atoms with Crippen LogP contribution in [-0.2, 0) is 13.0 Å². The molecule has 0 aliphatic rings. The van der Waals surface area contributed by atoms with Crippen LogP contribution in [0.2, 0.25) is 5.02 Å². The molecule has 3 rings (SSSR count). The Morgan fingerprint density at radius 3 is 2.54 bits per heavy atom. The number of benzene rings is 2. The van der Waals surface area contributed by atoms with Gasteiger partial charge in [-0.05, 0) is 47.9 Å². The summed E-state index contributed by atoms with van der Waals surface area (Å²) in [6.07, 6.45) is 2.32. The average molecular weight is 396 g/mol. The minimum absolute atomic E-state index is 0.140. The molecule has 2 aromatic carbocycles. The van der Waals surface area contributed by atoms with Gasteiger partial charge in [0, 0.05) is 24.3 Å². The summed E-state index contributed by atoms with van der Waals surface area (Å²) in [5, 5.41) is 6.83. The zero-order valence-corrected chi connectivity index (χ0v) is 16.4. The zero-order valence-electron chi connectivity index (χ0n) is 15.6. The number of methoxy groups -OCH3 is 1. The van der Waals surface area contributed by atoms with Gasteiger partial charge in [-0.1, -0.05) is 41.9 Å². The molecule has 0 radical (unpaired) electrons. The summed E-state index contributed by atoms with van der Waals surface area (Å²) in [5.41, 5.74) is 2.66. The van der Waals surface area contributed by atoms with Gasteiger partial charge in [0.1, 0.15) is 11.6 Å². The lowest BCUT2D eigenvalue weighted by atomic mass is 10.1. The van der Waals surface area contributed by atoms with Crippen LogP contribution in [0.4, 0.5) is 5.82 Å². The molecule has 2 N–H and O–H groups in total. The molecule has 0 saturated heterocycles. The van der Waals surface area contributed by atoms with E-state index >= 15 is 0 Å². The number of hydrogen-bond acceptors (Lipinski definition) is 4. The highest BCUT2D eigenvalue weighted by atomic mass is 35.5. The lowest BCUT2D eigenvalue weighted by Crippen LogP contribution is -2.25. The smallest absolute Gasteiger partial charge is 0.252 e. The highest BCUT2D eigenvalue weighted by molar-refractivity contribution is 6.31. The topological polar surface area (TPSA) is 63.2 Å². The first kappa shape index (κ1) is 19.7. The summed E-state index contributed by atoms with van der Waals surface area (Å²) < 4.78 is 5.14. The minimum Gasteiger partial charge on any atom is -0.497 e. The third-order valence-corrected chi connectivity index (χ3v) is 4.67. The summed E-state index contributed by atoms with van der Waals surface area (Å²) in [4.78, 5) is 16.6. The highest BCUT2D eigenvalue weighted by Crippen LogP contribution is 2.16. The summed E-state index contributed by atoms with van der Waals surface area (Å²) in [6.45, 7) is 1.12. The number of hydrogen-bond donors (Lipinski definition) is 2. The van der Waals surface area contributed by atoms with Crippen molar-refractivity contribution >= 4 is 23.3 Å². The molecule has 0 saturated carbocycles. The summed E-state index contributed by atoms with van der Waals surface area (Å²) >= 11 is 6.15. The van der Waals surface area contributed by atoms with E-state index in [4.69, 9.17) is 16.3 Å². The molecule has 0 aliphatic heterocycles. The number of anilines is 1. The molecule has 0 aliphatic carbocycles. The number of halogens is 1. The maximum Gasteiger partial charge on any atom is 0.252 e. The van der Waals surface area contributed by atoms with Crippen molar-refractivity contribution in [1.29, 1.82) is 0 Å². The SMILES string of the molecule is COc1ccc(CCNC(=O)c2ccc(NCc3ccccc3Cl)nc2)cc1. The predicted octanol–water partition coefficient (Wildman–Crippen LogP) is 4.33. The maximum atomic E-state index is 12.3. The molecule has 0 spiro atoms. The first-order chi connectivity index (χ1) is 13.7. The number of carbonyl (C=O) groups excluding carboxylic acids is 1. The van der Waals surface area contributed by atoms with E-state index in [0.29, 0.717) is 29.5 Å². The minimum atomic E-state index is -0.140. The van der Waals surface area contributed by atoms with Crippen LogP contribution in [0.25, 0.3) is 0 Å². The van der Waals surface area contributed by atoms with Crippen LogP contribution in [0.3, 0.4) is 0 Å². The normalized spacial score (nSPS) is 10.4. The molecule has 1 amide bonds. The molecule has 0 fully saturated rings. The van der Waals surface area contributed by atoms with E-state index in [1.807, 2.05) is 48.5 Å². The second kappa shape index (κ2) is 9.76. The van der Waals surface area contributed by atoms with Crippen molar-refractivity contribution in [2.75, 3.05) is 19.0 Å². The Balaban J connectivity index is 1.47. The first-order valence-corrected chi connectivity index (χ1v) is 9.38. The third-order valence-electron chi connectivity index (χ3n) is 4.30. The Hall–Kier alpha value is -3.05. The van der Waals surface area contributed by atoms with E-state index in [-0.39, 0.29) is 5.91 Å². The van der Waals surface area contributed by atoms with Crippen molar-refractivity contribution in [2.24, 2.45) is 0 Å². The Bertz CT molecular complexity index is 912. The van der Waals surface area contributed by atoms with E-state index in [1.165, 1.54) is 0 Å². The van der Waals surface area contributed by atoms with Crippen LogP contribution in [-0.4, -0.2) is 24.5 Å². The van der Waals surface area contributed by atoms with Crippen LogP contribution >= 0.6 is 11.6 Å². The van der Waals surface area contributed by atoms with Gasteiger partial charge < -0.3 is 15.4 Å². The lowest BCUT2D eigenvalue weighted by molar-refractivity contribution is 0.0954. The van der Waals surface area contributed by atoms with Crippen molar-refractivity contribution in [1.82, 2.24) is 10.3 Å². The number of carbonyl (C=O) groups is 1. The van der Waals surface area contributed by atoms with Crippen molar-refractivity contribution < 1.29 is 9.53 Å². The molecular weight excluding hydrogens is 374 g/mol. The number of rotatable bonds is 8. The molecule has 0 bridgehead atoms. The molecule has 5 nitrogen and oxygen atoms in total. The number of pyridine rings is 1. The number of nitrogens with one attached hydrogen (secondary N) is 2. The Morgan fingerprint density at radius 2 is 1.86 bits per heavy atom. The molecule has 0 atom stereocenters. The fourth-order valence-electron chi connectivity index (χ4n) is 2.67. The van der Waals surface area contributed by atoms with Crippen molar-refractivity contribution in [3.63, 3.8) is 0 Å². The van der Waals surface area contributed by atoms with Crippen molar-refractivity contribution in [2.45, 2.75) is 13.0 Å².